The van der Waals surface area contributed by atoms with E-state index in [9.17, 15) is 24.0 Å². The fraction of sp³-hybridized carbons (Fsp3) is 0.359. The highest BCUT2D eigenvalue weighted by Gasteiger charge is 2.60. The second-order valence-corrected chi connectivity index (χ2v) is 14.1. The summed E-state index contributed by atoms with van der Waals surface area (Å²) in [6.07, 6.45) is 6.27. The topological polar surface area (TPSA) is 137 Å². The molecule has 1 unspecified atom stereocenters. The van der Waals surface area contributed by atoms with Gasteiger partial charge in [-0.2, -0.15) is 0 Å². The number of unbranched alkanes of at least 4 members (excludes halogenated alkanes) is 2. The van der Waals surface area contributed by atoms with Crippen LogP contribution in [0.2, 0.25) is 5.02 Å². The molecule has 0 aromatic heterocycles. The van der Waals surface area contributed by atoms with E-state index in [-0.39, 0.29) is 42.1 Å². The molecule has 3 aromatic rings. The van der Waals surface area contributed by atoms with E-state index < -0.39 is 11.6 Å². The summed E-state index contributed by atoms with van der Waals surface area (Å²) in [4.78, 5) is 66.6. The summed E-state index contributed by atoms with van der Waals surface area (Å²) in [5.74, 6) is -0.720. The van der Waals surface area contributed by atoms with Crippen LogP contribution < -0.4 is 20.7 Å². The highest BCUT2D eigenvalue weighted by atomic mass is 35.5. The van der Waals surface area contributed by atoms with Crippen LogP contribution in [-0.2, 0) is 25.7 Å². The monoisotopic (exact) mass is 709 g/mol. The molecule has 3 fully saturated rings. The number of piperidine rings is 1. The van der Waals surface area contributed by atoms with E-state index in [0.29, 0.717) is 55.2 Å². The Morgan fingerprint density at radius 2 is 1.71 bits per heavy atom. The number of halogens is 1. The number of hydrogen-bond acceptors (Lipinski definition) is 7. The lowest BCUT2D eigenvalue weighted by Crippen LogP contribution is -2.56. The van der Waals surface area contributed by atoms with E-state index in [4.69, 9.17) is 16.3 Å². The molecule has 264 valence electrons. The molecule has 3 heterocycles. The van der Waals surface area contributed by atoms with E-state index in [1.54, 1.807) is 24.3 Å². The number of benzene rings is 3. The van der Waals surface area contributed by atoms with Gasteiger partial charge in [-0.25, -0.2) is 9.69 Å². The van der Waals surface area contributed by atoms with E-state index in [1.165, 1.54) is 4.90 Å². The first-order valence-electron chi connectivity index (χ1n) is 17.5. The Hall–Kier alpha value is -5.16. The average Bonchev–Trinajstić information content (AvgIpc) is 3.38. The Morgan fingerprint density at radius 3 is 2.49 bits per heavy atom. The molecule has 1 spiro atoms. The zero-order valence-corrected chi connectivity index (χ0v) is 28.9. The van der Waals surface area contributed by atoms with Crippen molar-refractivity contribution in [3.05, 3.63) is 106 Å². The summed E-state index contributed by atoms with van der Waals surface area (Å²) in [6.45, 7) is 1.79. The van der Waals surface area contributed by atoms with Crippen molar-refractivity contribution in [1.82, 2.24) is 25.8 Å². The van der Waals surface area contributed by atoms with Crippen LogP contribution in [0.5, 0.6) is 5.75 Å². The van der Waals surface area contributed by atoms with Gasteiger partial charge in [0.25, 0.3) is 11.8 Å². The summed E-state index contributed by atoms with van der Waals surface area (Å²) in [6, 6.07) is 22.2. The number of nitrogens with one attached hydrogen (secondary N) is 3. The van der Waals surface area contributed by atoms with Crippen molar-refractivity contribution in [2.24, 2.45) is 0 Å². The van der Waals surface area contributed by atoms with E-state index in [2.05, 4.69) is 20.9 Å². The number of imide groups is 2. The van der Waals surface area contributed by atoms with Crippen molar-refractivity contribution < 1.29 is 28.7 Å². The van der Waals surface area contributed by atoms with Gasteiger partial charge >= 0.3 is 6.03 Å². The number of fused-ring (bicyclic) bond motifs is 1. The maximum absolute atomic E-state index is 13.9. The van der Waals surface area contributed by atoms with Gasteiger partial charge < -0.3 is 20.3 Å². The molecule has 12 heteroatoms. The van der Waals surface area contributed by atoms with Gasteiger partial charge in [-0.3, -0.25) is 24.5 Å². The number of ether oxygens (including phenoxy) is 1. The largest absolute Gasteiger partial charge is 0.484 e. The highest BCUT2D eigenvalue weighted by molar-refractivity contribution is 6.31. The van der Waals surface area contributed by atoms with Crippen LogP contribution in [0, 0.1) is 0 Å². The maximum atomic E-state index is 13.9. The summed E-state index contributed by atoms with van der Waals surface area (Å²) in [5.41, 5.74) is 3.41. The van der Waals surface area contributed by atoms with Crippen molar-refractivity contribution in [3.63, 3.8) is 0 Å². The summed E-state index contributed by atoms with van der Waals surface area (Å²) in [5, 5.41) is 8.95. The Morgan fingerprint density at radius 1 is 0.941 bits per heavy atom. The molecule has 7 rings (SSSR count). The van der Waals surface area contributed by atoms with Gasteiger partial charge in [0, 0.05) is 42.8 Å². The van der Waals surface area contributed by atoms with Crippen molar-refractivity contribution in [2.75, 3.05) is 19.7 Å². The third-order valence-electron chi connectivity index (χ3n) is 10.2. The molecule has 1 atom stereocenters. The summed E-state index contributed by atoms with van der Waals surface area (Å²) < 4.78 is 5.62. The van der Waals surface area contributed by atoms with E-state index in [0.717, 1.165) is 48.1 Å². The number of hydrogen-bond donors (Lipinski definition) is 3. The fourth-order valence-corrected chi connectivity index (χ4v) is 7.80. The van der Waals surface area contributed by atoms with Gasteiger partial charge in [-0.15, -0.1) is 0 Å². The molecule has 11 nitrogen and oxygen atoms in total. The van der Waals surface area contributed by atoms with Gasteiger partial charge in [-0.1, -0.05) is 66.2 Å². The van der Waals surface area contributed by atoms with Gasteiger partial charge in [0.05, 0.1) is 11.6 Å². The Balaban J connectivity index is 0.868. The molecule has 6 amide bonds. The lowest BCUT2D eigenvalue weighted by molar-refractivity contribution is -0.134. The third-order valence-corrected chi connectivity index (χ3v) is 10.6. The normalized spacial score (nSPS) is 22.6. The van der Waals surface area contributed by atoms with Gasteiger partial charge in [-0.05, 0) is 79.3 Å². The van der Waals surface area contributed by atoms with Gasteiger partial charge in [0.15, 0.2) is 6.61 Å². The Kier molecular flexibility index (Phi) is 9.82. The average molecular weight is 710 g/mol. The lowest BCUT2D eigenvalue weighted by Gasteiger charge is -2.43. The minimum absolute atomic E-state index is 0.107. The first-order valence-corrected chi connectivity index (χ1v) is 17.9. The van der Waals surface area contributed by atoms with Crippen molar-refractivity contribution in [1.29, 1.82) is 0 Å². The quantitative estimate of drug-likeness (QED) is 0.134. The van der Waals surface area contributed by atoms with Gasteiger partial charge in [0.2, 0.25) is 11.8 Å². The number of rotatable bonds is 12. The number of carbonyl (C=O) groups excluding carboxylic acids is 5. The lowest BCUT2D eigenvalue weighted by atomic mass is 9.65. The predicted octanol–water partition coefficient (Wildman–Crippen LogP) is 5.21. The van der Waals surface area contributed by atoms with Crippen LogP contribution in [-0.4, -0.2) is 64.7 Å². The predicted molar refractivity (Wildman–Crippen MR) is 190 cm³/mol. The van der Waals surface area contributed by atoms with Gasteiger partial charge in [0.1, 0.15) is 11.3 Å². The van der Waals surface area contributed by atoms with Crippen LogP contribution in [0.3, 0.4) is 0 Å². The Bertz CT molecular complexity index is 1890. The minimum atomic E-state index is -0.920. The van der Waals surface area contributed by atoms with Crippen LogP contribution >= 0.6 is 11.6 Å². The number of amides is 6. The molecule has 3 aromatic carbocycles. The molecule has 1 aliphatic carbocycles. The zero-order valence-electron chi connectivity index (χ0n) is 28.2. The molecular formula is C39H40ClN5O6. The smallest absolute Gasteiger partial charge is 0.329 e. The van der Waals surface area contributed by atoms with E-state index >= 15 is 0 Å². The van der Waals surface area contributed by atoms with Crippen molar-refractivity contribution in [2.45, 2.75) is 68.9 Å². The maximum Gasteiger partial charge on any atom is 0.329 e. The number of urea groups is 1. The molecule has 4 aliphatic rings. The van der Waals surface area contributed by atoms with Crippen molar-refractivity contribution in [3.8, 4) is 5.75 Å². The summed E-state index contributed by atoms with van der Waals surface area (Å²) >= 11 is 6.43. The molecule has 3 aliphatic heterocycles. The van der Waals surface area contributed by atoms with E-state index in [1.807, 2.05) is 54.7 Å². The van der Waals surface area contributed by atoms with Crippen LogP contribution in [0.15, 0.2) is 79.0 Å². The highest BCUT2D eigenvalue weighted by Crippen LogP contribution is 2.50. The first kappa shape index (κ1) is 34.3. The standard InChI is InChI=1S/C39H40ClN5O6/c40-32-11-5-4-9-29(32)27-20-39(21-27)37(49)45(38(50)43-39)33-23-44(22-26-8-2-3-10-30(26)33)19-7-1-6-18-41-35(47)24-51-28-14-12-25(13-15-28)31-16-17-34(46)42-36(31)48/h2-5,8-15,23,27,31H,1,6-7,16-22,24H2,(H,41,47)(H,43,50)(H,42,46,48). The van der Waals surface area contributed by atoms with Crippen LogP contribution in [0.1, 0.15) is 79.0 Å². The number of nitrogens with zero attached hydrogens (tertiary/aromatic N) is 2. The second-order valence-electron chi connectivity index (χ2n) is 13.7. The Labute approximate surface area is 301 Å². The molecule has 51 heavy (non-hydrogen) atoms. The molecule has 3 N–H and O–H groups in total. The molecule has 1 saturated carbocycles. The molecule has 0 bridgehead atoms. The SMILES string of the molecule is O=C(COc1ccc(C2CCC(=O)NC2=O)cc1)NCCCCCN1C=C(N2C(=O)NC3(CC(c4ccccc4Cl)C3)C2=O)c2ccccc2C1. The molecule has 2 saturated heterocycles. The second kappa shape index (κ2) is 14.6. The minimum Gasteiger partial charge on any atom is -0.484 e. The van der Waals surface area contributed by atoms with Crippen LogP contribution in [0.25, 0.3) is 5.70 Å². The zero-order chi connectivity index (χ0) is 35.5. The van der Waals surface area contributed by atoms with Crippen molar-refractivity contribution >= 4 is 47.0 Å². The summed E-state index contributed by atoms with van der Waals surface area (Å²) in [7, 11) is 0. The molecule has 0 radical (unpaired) electrons. The molecular weight excluding hydrogens is 670 g/mol. The van der Waals surface area contributed by atoms with Crippen LogP contribution in [0.4, 0.5) is 4.79 Å². The third kappa shape index (κ3) is 7.21. The first-order chi connectivity index (χ1) is 24.7. The fourth-order valence-electron chi connectivity index (χ4n) is 7.51. The number of carbonyl (C=O) groups is 5.